The lowest BCUT2D eigenvalue weighted by molar-refractivity contribution is 1.22. The number of pyridine rings is 3. The van der Waals surface area contributed by atoms with Gasteiger partial charge in [-0.3, -0.25) is 9.38 Å². The van der Waals surface area contributed by atoms with Crippen LogP contribution in [0.5, 0.6) is 0 Å². The Bertz CT molecular complexity index is 1240. The molecule has 5 aromatic rings. The number of hydrogen-bond acceptors (Lipinski definition) is 3. The van der Waals surface area contributed by atoms with Gasteiger partial charge in [-0.25, -0.2) is 9.97 Å². The van der Waals surface area contributed by atoms with Gasteiger partial charge in [0.05, 0.1) is 16.6 Å². The average molecular weight is 428 g/mol. The molecule has 4 heterocycles. The molecular formula is C17H8Br2N4. The summed E-state index contributed by atoms with van der Waals surface area (Å²) in [5, 5.41) is 2.04. The van der Waals surface area contributed by atoms with Crippen LogP contribution in [0.2, 0.25) is 0 Å². The van der Waals surface area contributed by atoms with E-state index in [0.29, 0.717) is 0 Å². The minimum atomic E-state index is 0.860. The van der Waals surface area contributed by atoms with Crippen molar-refractivity contribution in [3.8, 4) is 0 Å². The Morgan fingerprint density at radius 3 is 2.43 bits per heavy atom. The van der Waals surface area contributed by atoms with Crippen molar-refractivity contribution in [3.05, 3.63) is 57.7 Å². The summed E-state index contributed by atoms with van der Waals surface area (Å²) in [5.74, 6) is 0. The SMILES string of the molecule is Brc1cc(Br)c2c(c1)nc1c3cccnc3c3cccnc3n12. The molecule has 5 rings (SSSR count). The maximum atomic E-state index is 4.84. The van der Waals surface area contributed by atoms with Crippen molar-refractivity contribution in [2.45, 2.75) is 0 Å². The molecule has 0 bridgehead atoms. The van der Waals surface area contributed by atoms with Crippen LogP contribution in [-0.4, -0.2) is 19.4 Å². The highest BCUT2D eigenvalue weighted by molar-refractivity contribution is 9.11. The number of halogens is 2. The number of nitrogens with zero attached hydrogens (tertiary/aromatic N) is 4. The Hall–Kier alpha value is -2.05. The first kappa shape index (κ1) is 13.4. The minimum absolute atomic E-state index is 0.860. The largest absolute Gasteiger partial charge is 0.274 e. The highest BCUT2D eigenvalue weighted by Gasteiger charge is 2.16. The van der Waals surface area contributed by atoms with E-state index in [1.165, 1.54) is 0 Å². The second-order valence-corrected chi connectivity index (χ2v) is 7.07. The number of benzene rings is 1. The van der Waals surface area contributed by atoms with Crippen molar-refractivity contribution in [1.82, 2.24) is 19.4 Å². The summed E-state index contributed by atoms with van der Waals surface area (Å²) in [6, 6.07) is 12.0. The molecule has 4 nitrogen and oxygen atoms in total. The third-order valence-electron chi connectivity index (χ3n) is 3.97. The summed E-state index contributed by atoms with van der Waals surface area (Å²) in [6.07, 6.45) is 3.61. The molecule has 1 aromatic carbocycles. The van der Waals surface area contributed by atoms with E-state index in [0.717, 1.165) is 47.6 Å². The van der Waals surface area contributed by atoms with Gasteiger partial charge in [-0.05, 0) is 52.3 Å². The molecule has 4 aromatic heterocycles. The first-order valence-electron chi connectivity index (χ1n) is 7.02. The molecule has 0 aliphatic carbocycles. The van der Waals surface area contributed by atoms with Crippen LogP contribution in [-0.2, 0) is 0 Å². The van der Waals surface area contributed by atoms with Crippen molar-refractivity contribution in [2.24, 2.45) is 0 Å². The van der Waals surface area contributed by atoms with Crippen molar-refractivity contribution >= 4 is 70.5 Å². The molecule has 0 aliphatic heterocycles. The van der Waals surface area contributed by atoms with E-state index < -0.39 is 0 Å². The number of fused-ring (bicyclic) bond motifs is 8. The van der Waals surface area contributed by atoms with Gasteiger partial charge in [0.1, 0.15) is 11.3 Å². The topological polar surface area (TPSA) is 43.1 Å². The van der Waals surface area contributed by atoms with E-state index in [1.807, 2.05) is 24.3 Å². The molecule has 0 saturated heterocycles. The molecule has 110 valence electrons. The van der Waals surface area contributed by atoms with Crippen LogP contribution >= 0.6 is 31.9 Å². The lowest BCUT2D eigenvalue weighted by Gasteiger charge is -2.07. The van der Waals surface area contributed by atoms with Gasteiger partial charge in [-0.2, -0.15) is 0 Å². The fourth-order valence-electron chi connectivity index (χ4n) is 3.08. The van der Waals surface area contributed by atoms with E-state index in [9.17, 15) is 0 Å². The minimum Gasteiger partial charge on any atom is -0.274 e. The predicted molar refractivity (Wildman–Crippen MR) is 98.7 cm³/mol. The van der Waals surface area contributed by atoms with Crippen molar-refractivity contribution < 1.29 is 0 Å². The Morgan fingerprint density at radius 2 is 1.61 bits per heavy atom. The predicted octanol–water partition coefficient (Wildman–Crippen LogP) is 5.11. The van der Waals surface area contributed by atoms with E-state index in [-0.39, 0.29) is 0 Å². The highest BCUT2D eigenvalue weighted by atomic mass is 79.9. The van der Waals surface area contributed by atoms with Gasteiger partial charge in [-0.1, -0.05) is 15.9 Å². The molecule has 0 N–H and O–H groups in total. The van der Waals surface area contributed by atoms with E-state index >= 15 is 0 Å². The summed E-state index contributed by atoms with van der Waals surface area (Å²) in [4.78, 5) is 14.0. The number of imidazole rings is 1. The first-order chi connectivity index (χ1) is 11.2. The van der Waals surface area contributed by atoms with Crippen LogP contribution in [0.4, 0.5) is 0 Å². The van der Waals surface area contributed by atoms with Gasteiger partial charge in [0.2, 0.25) is 0 Å². The molecule has 0 atom stereocenters. The molecule has 0 unspecified atom stereocenters. The monoisotopic (exact) mass is 426 g/mol. The molecule has 0 saturated carbocycles. The summed E-state index contributed by atoms with van der Waals surface area (Å²) < 4.78 is 4.06. The van der Waals surface area contributed by atoms with E-state index in [2.05, 4.69) is 58.4 Å². The average Bonchev–Trinajstić information content (AvgIpc) is 2.95. The van der Waals surface area contributed by atoms with Crippen molar-refractivity contribution in [3.63, 3.8) is 0 Å². The third kappa shape index (κ3) is 1.79. The van der Waals surface area contributed by atoms with Gasteiger partial charge < -0.3 is 0 Å². The highest BCUT2D eigenvalue weighted by Crippen LogP contribution is 2.34. The van der Waals surface area contributed by atoms with Gasteiger partial charge in [0.15, 0.2) is 0 Å². The second kappa shape index (κ2) is 4.72. The molecule has 0 radical (unpaired) electrons. The van der Waals surface area contributed by atoms with Crippen LogP contribution in [0.3, 0.4) is 0 Å². The molecule has 0 spiro atoms. The maximum absolute atomic E-state index is 4.84. The quantitative estimate of drug-likeness (QED) is 0.322. The smallest absolute Gasteiger partial charge is 0.149 e. The summed E-state index contributed by atoms with van der Waals surface area (Å²) in [5.41, 5.74) is 4.58. The van der Waals surface area contributed by atoms with Crippen molar-refractivity contribution in [2.75, 3.05) is 0 Å². The fourth-order valence-corrected chi connectivity index (χ4v) is 4.46. The van der Waals surface area contributed by atoms with Crippen LogP contribution < -0.4 is 0 Å². The second-order valence-electron chi connectivity index (χ2n) is 5.30. The van der Waals surface area contributed by atoms with Gasteiger partial charge in [-0.15, -0.1) is 0 Å². The standard InChI is InChI=1S/C17H8Br2N4/c18-9-7-12(19)15-13(8-9)22-17-11-4-1-5-20-14(11)10-3-2-6-21-16(10)23(15)17/h1-8H. The molecular weight excluding hydrogens is 420 g/mol. The zero-order valence-electron chi connectivity index (χ0n) is 11.7. The van der Waals surface area contributed by atoms with Gasteiger partial charge in [0, 0.05) is 32.1 Å². The molecule has 23 heavy (non-hydrogen) atoms. The molecule has 0 aliphatic rings. The Morgan fingerprint density at radius 1 is 0.870 bits per heavy atom. The molecule has 0 fully saturated rings. The zero-order chi connectivity index (χ0) is 15.6. The first-order valence-corrected chi connectivity index (χ1v) is 8.61. The van der Waals surface area contributed by atoms with Crippen LogP contribution in [0.15, 0.2) is 57.7 Å². The van der Waals surface area contributed by atoms with Crippen LogP contribution in [0.25, 0.3) is 38.6 Å². The number of aromatic nitrogens is 4. The Labute approximate surface area is 147 Å². The fraction of sp³-hybridized carbons (Fsp3) is 0. The van der Waals surface area contributed by atoms with E-state index in [1.54, 1.807) is 12.4 Å². The third-order valence-corrected chi connectivity index (χ3v) is 5.03. The maximum Gasteiger partial charge on any atom is 0.149 e. The summed E-state index contributed by atoms with van der Waals surface area (Å²) in [7, 11) is 0. The summed E-state index contributed by atoms with van der Waals surface area (Å²) in [6.45, 7) is 0. The van der Waals surface area contributed by atoms with E-state index in [4.69, 9.17) is 4.98 Å². The zero-order valence-corrected chi connectivity index (χ0v) is 14.8. The van der Waals surface area contributed by atoms with Crippen LogP contribution in [0, 0.1) is 0 Å². The number of rotatable bonds is 0. The normalized spacial score (nSPS) is 11.9. The number of hydrogen-bond donors (Lipinski definition) is 0. The van der Waals surface area contributed by atoms with Crippen molar-refractivity contribution in [1.29, 1.82) is 0 Å². The lowest BCUT2D eigenvalue weighted by Crippen LogP contribution is -1.95. The Kier molecular flexibility index (Phi) is 2.75. The Balaban J connectivity index is 2.22. The molecule has 0 amide bonds. The van der Waals surface area contributed by atoms with Crippen LogP contribution in [0.1, 0.15) is 0 Å². The van der Waals surface area contributed by atoms with Gasteiger partial charge in [0.25, 0.3) is 0 Å². The lowest BCUT2D eigenvalue weighted by atomic mass is 10.2. The summed E-state index contributed by atoms with van der Waals surface area (Å²) >= 11 is 7.20. The molecule has 6 heteroatoms. The van der Waals surface area contributed by atoms with Gasteiger partial charge >= 0.3 is 0 Å².